The largest absolute Gasteiger partial charge is 0.389 e. The van der Waals surface area contributed by atoms with E-state index in [-0.39, 0.29) is 6.10 Å². The predicted molar refractivity (Wildman–Crippen MR) is 69.5 cm³/mol. The van der Waals surface area contributed by atoms with Crippen LogP contribution in [0.2, 0.25) is 12.6 Å². The van der Waals surface area contributed by atoms with Gasteiger partial charge in [-0.1, -0.05) is 18.2 Å². The molecule has 0 bridgehead atoms. The van der Waals surface area contributed by atoms with Crippen LogP contribution in [0, 0.1) is 0 Å². The van der Waals surface area contributed by atoms with Gasteiger partial charge in [-0.25, -0.2) is 0 Å². The van der Waals surface area contributed by atoms with E-state index in [2.05, 4.69) is 36.1 Å². The van der Waals surface area contributed by atoms with Gasteiger partial charge in [0.2, 0.25) is 0 Å². The van der Waals surface area contributed by atoms with Crippen molar-refractivity contribution in [3.8, 4) is 0 Å². The fourth-order valence-corrected chi connectivity index (χ4v) is 4.25. The summed E-state index contributed by atoms with van der Waals surface area (Å²) in [5.41, 5.74) is 0. The minimum absolute atomic E-state index is 0.165. The van der Waals surface area contributed by atoms with Gasteiger partial charge in [0.25, 0.3) is 0 Å². The van der Waals surface area contributed by atoms with E-state index in [0.29, 0.717) is 6.04 Å². The highest BCUT2D eigenvalue weighted by molar-refractivity contribution is 6.72. The molecule has 2 atom stereocenters. The molecule has 2 nitrogen and oxygen atoms in total. The molecule has 0 amide bonds. The summed E-state index contributed by atoms with van der Waals surface area (Å²) in [6.45, 7) is 3.36. The van der Waals surface area contributed by atoms with Crippen LogP contribution in [0.5, 0.6) is 0 Å². The van der Waals surface area contributed by atoms with E-state index in [1.54, 1.807) is 0 Å². The first-order chi connectivity index (χ1) is 7.77. The summed E-state index contributed by atoms with van der Waals surface area (Å²) in [5.74, 6) is 0. The first-order valence-electron chi connectivity index (χ1n) is 6.06. The van der Waals surface area contributed by atoms with Crippen molar-refractivity contribution in [2.24, 2.45) is 0 Å². The number of rotatable bonds is 4. The number of nitrogens with one attached hydrogen (secondary N) is 1. The van der Waals surface area contributed by atoms with E-state index in [9.17, 15) is 5.11 Å². The van der Waals surface area contributed by atoms with Gasteiger partial charge in [-0.05, 0) is 31.5 Å². The smallest absolute Gasteiger partial charge is 0.351 e. The van der Waals surface area contributed by atoms with Crippen molar-refractivity contribution in [3.63, 3.8) is 0 Å². The van der Waals surface area contributed by atoms with Crippen LogP contribution >= 0.6 is 0 Å². The normalized spacial score (nSPS) is 22.0. The summed E-state index contributed by atoms with van der Waals surface area (Å²) < 4.78 is 0. The standard InChI is InChI=1S/C13H20NOSi/c1-16(11-6-3-2-4-7-11)10-13(15)12-8-5-9-14-12/h2-4,6-7,12-15H,5,8-10H2,1H3/q+1/t12-,13+/m0/s1. The van der Waals surface area contributed by atoms with E-state index in [4.69, 9.17) is 0 Å². The van der Waals surface area contributed by atoms with E-state index in [1.807, 2.05) is 6.07 Å². The molecule has 3 heteroatoms. The Kier molecular flexibility index (Phi) is 4.15. The number of aliphatic hydroxyl groups excluding tert-OH is 1. The monoisotopic (exact) mass is 234 g/mol. The van der Waals surface area contributed by atoms with Gasteiger partial charge < -0.3 is 10.4 Å². The number of benzene rings is 1. The predicted octanol–water partition coefficient (Wildman–Crippen LogP) is 1.13. The lowest BCUT2D eigenvalue weighted by Crippen LogP contribution is -2.40. The van der Waals surface area contributed by atoms with Crippen molar-refractivity contribution in [1.29, 1.82) is 0 Å². The van der Waals surface area contributed by atoms with Crippen molar-refractivity contribution in [2.75, 3.05) is 6.54 Å². The molecule has 86 valence electrons. The minimum atomic E-state index is -0.593. The first-order valence-corrected chi connectivity index (χ1v) is 8.27. The molecule has 1 aliphatic rings. The number of aliphatic hydroxyl groups is 1. The van der Waals surface area contributed by atoms with Crippen LogP contribution in [0.25, 0.3) is 0 Å². The Morgan fingerprint density at radius 1 is 1.44 bits per heavy atom. The summed E-state index contributed by atoms with van der Waals surface area (Å²) in [7, 11) is -0.593. The van der Waals surface area contributed by atoms with Gasteiger partial charge >= 0.3 is 8.80 Å². The van der Waals surface area contributed by atoms with Gasteiger partial charge in [0, 0.05) is 6.04 Å². The van der Waals surface area contributed by atoms with E-state index in [1.165, 1.54) is 11.6 Å². The lowest BCUT2D eigenvalue weighted by molar-refractivity contribution is 0.154. The molecule has 1 aliphatic heterocycles. The topological polar surface area (TPSA) is 32.3 Å². The van der Waals surface area contributed by atoms with Crippen LogP contribution in [0.1, 0.15) is 12.8 Å². The van der Waals surface area contributed by atoms with Crippen molar-refractivity contribution >= 4 is 14.0 Å². The molecule has 1 heterocycles. The van der Waals surface area contributed by atoms with Crippen LogP contribution in [-0.4, -0.2) is 32.6 Å². The van der Waals surface area contributed by atoms with Crippen LogP contribution in [0.3, 0.4) is 0 Å². The molecule has 0 aromatic heterocycles. The summed E-state index contributed by atoms with van der Waals surface area (Å²) in [6, 6.07) is 11.9. The maximum absolute atomic E-state index is 10.1. The van der Waals surface area contributed by atoms with Gasteiger partial charge in [0.05, 0.1) is 23.9 Å². The first kappa shape index (κ1) is 11.8. The van der Waals surface area contributed by atoms with Gasteiger partial charge in [-0.3, -0.25) is 0 Å². The summed E-state index contributed by atoms with van der Waals surface area (Å²) >= 11 is 0. The number of hydrogen-bond acceptors (Lipinski definition) is 2. The highest BCUT2D eigenvalue weighted by atomic mass is 28.3. The van der Waals surface area contributed by atoms with Gasteiger partial charge in [0.15, 0.2) is 0 Å². The molecule has 0 radical (unpaired) electrons. The Morgan fingerprint density at radius 3 is 2.81 bits per heavy atom. The Morgan fingerprint density at radius 2 is 2.19 bits per heavy atom. The van der Waals surface area contributed by atoms with Crippen molar-refractivity contribution in [1.82, 2.24) is 5.32 Å². The molecule has 1 fully saturated rings. The van der Waals surface area contributed by atoms with E-state index >= 15 is 0 Å². The second kappa shape index (κ2) is 5.62. The van der Waals surface area contributed by atoms with Gasteiger partial charge in [-0.15, -0.1) is 0 Å². The molecular weight excluding hydrogens is 214 g/mol. The molecule has 16 heavy (non-hydrogen) atoms. The van der Waals surface area contributed by atoms with Crippen molar-refractivity contribution in [3.05, 3.63) is 30.3 Å². The third-order valence-corrected chi connectivity index (χ3v) is 5.69. The summed E-state index contributed by atoms with van der Waals surface area (Å²) in [6.07, 6.45) is 2.17. The lowest BCUT2D eigenvalue weighted by Gasteiger charge is -2.15. The van der Waals surface area contributed by atoms with Crippen molar-refractivity contribution in [2.45, 2.75) is 37.6 Å². The molecule has 0 unspecified atom stereocenters. The quantitative estimate of drug-likeness (QED) is 0.766. The van der Waals surface area contributed by atoms with E-state index < -0.39 is 8.80 Å². The molecule has 1 aromatic carbocycles. The molecular formula is C13H20NOSi+. The third kappa shape index (κ3) is 2.94. The third-order valence-electron chi connectivity index (χ3n) is 3.34. The Bertz CT molecular complexity index is 311. The molecule has 2 N–H and O–H groups in total. The SMILES string of the molecule is C[Si+](C[C@@H](O)[C@@H]1CCCN1)c1ccccc1. The zero-order valence-electron chi connectivity index (χ0n) is 9.82. The zero-order chi connectivity index (χ0) is 11.4. The van der Waals surface area contributed by atoms with Crippen LogP contribution < -0.4 is 10.5 Å². The second-order valence-corrected chi connectivity index (χ2v) is 7.17. The summed E-state index contributed by atoms with van der Waals surface area (Å²) in [5, 5.41) is 14.9. The van der Waals surface area contributed by atoms with E-state index in [0.717, 1.165) is 19.0 Å². The fourth-order valence-electron chi connectivity index (χ4n) is 2.34. The van der Waals surface area contributed by atoms with Crippen LogP contribution in [0.4, 0.5) is 0 Å². The Balaban J connectivity index is 1.89. The highest BCUT2D eigenvalue weighted by Gasteiger charge is 2.32. The number of hydrogen-bond donors (Lipinski definition) is 2. The second-order valence-electron chi connectivity index (χ2n) is 4.62. The maximum Gasteiger partial charge on any atom is 0.351 e. The van der Waals surface area contributed by atoms with Crippen LogP contribution in [-0.2, 0) is 0 Å². The fraction of sp³-hybridized carbons (Fsp3) is 0.538. The Labute approximate surface area is 99.3 Å². The van der Waals surface area contributed by atoms with Crippen LogP contribution in [0.15, 0.2) is 30.3 Å². The maximum atomic E-state index is 10.1. The average molecular weight is 234 g/mol. The molecule has 2 rings (SSSR count). The molecule has 1 saturated heterocycles. The zero-order valence-corrected chi connectivity index (χ0v) is 10.8. The highest BCUT2D eigenvalue weighted by Crippen LogP contribution is 2.13. The molecule has 1 aromatic rings. The summed E-state index contributed by atoms with van der Waals surface area (Å²) in [4.78, 5) is 0. The average Bonchev–Trinajstić information content (AvgIpc) is 2.83. The van der Waals surface area contributed by atoms with Gasteiger partial charge in [0.1, 0.15) is 0 Å². The lowest BCUT2D eigenvalue weighted by atomic mass is 10.1. The molecule has 0 saturated carbocycles. The van der Waals surface area contributed by atoms with Crippen molar-refractivity contribution < 1.29 is 5.11 Å². The van der Waals surface area contributed by atoms with Gasteiger partial charge in [-0.2, -0.15) is 0 Å². The Hall–Kier alpha value is -0.643. The molecule has 0 spiro atoms. The molecule has 0 aliphatic carbocycles. The minimum Gasteiger partial charge on any atom is -0.389 e.